The van der Waals surface area contributed by atoms with E-state index in [9.17, 15) is 10.1 Å². The molecule has 1 N–H and O–H groups in total. The molecule has 0 unspecified atom stereocenters. The van der Waals surface area contributed by atoms with Gasteiger partial charge in [0, 0.05) is 18.8 Å². The highest BCUT2D eigenvalue weighted by Crippen LogP contribution is 2.30. The smallest absolute Gasteiger partial charge is 0.276 e. The first-order chi connectivity index (χ1) is 9.61. The standard InChI is InChI=1S/C14H15N3O3/c1-10-13(17(18)19)4-3-5-14(10)20-12-6-11(7-15-2)8-16-9-12/h3-6,8-9,15H,7H2,1-2H3. The van der Waals surface area contributed by atoms with Crippen molar-refractivity contribution in [3.05, 3.63) is 57.9 Å². The Bertz CT molecular complexity index is 629. The van der Waals surface area contributed by atoms with Crippen molar-refractivity contribution in [3.8, 4) is 11.5 Å². The maximum atomic E-state index is 10.9. The van der Waals surface area contributed by atoms with Gasteiger partial charge in [0.1, 0.15) is 11.5 Å². The average Bonchev–Trinajstić information content (AvgIpc) is 2.42. The lowest BCUT2D eigenvalue weighted by molar-refractivity contribution is -0.385. The molecule has 1 aromatic heterocycles. The number of hydrogen-bond acceptors (Lipinski definition) is 5. The third kappa shape index (κ3) is 3.10. The van der Waals surface area contributed by atoms with Crippen molar-refractivity contribution in [1.82, 2.24) is 10.3 Å². The van der Waals surface area contributed by atoms with Gasteiger partial charge in [-0.3, -0.25) is 15.1 Å². The summed E-state index contributed by atoms with van der Waals surface area (Å²) < 4.78 is 5.69. The van der Waals surface area contributed by atoms with Crippen LogP contribution >= 0.6 is 0 Å². The Hall–Kier alpha value is -2.47. The first kappa shape index (κ1) is 14.0. The van der Waals surface area contributed by atoms with Crippen LogP contribution in [0.2, 0.25) is 0 Å². The minimum Gasteiger partial charge on any atom is -0.455 e. The number of nitro benzene ring substituents is 1. The molecular formula is C14H15N3O3. The number of rotatable bonds is 5. The number of hydrogen-bond donors (Lipinski definition) is 1. The largest absolute Gasteiger partial charge is 0.455 e. The fraction of sp³-hybridized carbons (Fsp3) is 0.214. The number of nitro groups is 1. The molecule has 20 heavy (non-hydrogen) atoms. The Morgan fingerprint density at radius 1 is 1.40 bits per heavy atom. The predicted octanol–water partition coefficient (Wildman–Crippen LogP) is 2.81. The van der Waals surface area contributed by atoms with Crippen LogP contribution in [-0.4, -0.2) is 17.0 Å². The number of nitrogens with one attached hydrogen (secondary N) is 1. The van der Waals surface area contributed by atoms with Crippen LogP contribution in [0.1, 0.15) is 11.1 Å². The topological polar surface area (TPSA) is 77.3 Å². The molecule has 0 amide bonds. The van der Waals surface area contributed by atoms with Crippen LogP contribution in [-0.2, 0) is 6.54 Å². The molecule has 0 radical (unpaired) electrons. The predicted molar refractivity (Wildman–Crippen MR) is 74.9 cm³/mol. The van der Waals surface area contributed by atoms with Gasteiger partial charge >= 0.3 is 0 Å². The molecule has 6 heteroatoms. The third-order valence-electron chi connectivity index (χ3n) is 2.83. The van der Waals surface area contributed by atoms with E-state index in [-0.39, 0.29) is 5.69 Å². The number of ether oxygens (including phenoxy) is 1. The molecule has 1 heterocycles. The van der Waals surface area contributed by atoms with E-state index in [0.717, 1.165) is 5.56 Å². The first-order valence-corrected chi connectivity index (χ1v) is 6.12. The Labute approximate surface area is 116 Å². The zero-order valence-corrected chi connectivity index (χ0v) is 11.3. The van der Waals surface area contributed by atoms with Gasteiger partial charge in [0.25, 0.3) is 5.69 Å². The van der Waals surface area contributed by atoms with Crippen LogP contribution in [0.25, 0.3) is 0 Å². The summed E-state index contributed by atoms with van der Waals surface area (Å²) in [5.41, 5.74) is 1.52. The zero-order valence-electron chi connectivity index (χ0n) is 11.3. The summed E-state index contributed by atoms with van der Waals surface area (Å²) in [6.07, 6.45) is 3.32. The van der Waals surface area contributed by atoms with Gasteiger partial charge in [0.2, 0.25) is 0 Å². The van der Waals surface area contributed by atoms with Gasteiger partial charge in [-0.15, -0.1) is 0 Å². The SMILES string of the molecule is CNCc1cncc(Oc2cccc([N+](=O)[O-])c2C)c1. The molecule has 0 saturated heterocycles. The molecule has 2 aromatic rings. The monoisotopic (exact) mass is 273 g/mol. The van der Waals surface area contributed by atoms with Crippen molar-refractivity contribution in [2.75, 3.05) is 7.05 Å². The summed E-state index contributed by atoms with van der Waals surface area (Å²) in [6, 6.07) is 6.61. The maximum absolute atomic E-state index is 10.9. The number of aromatic nitrogens is 1. The average molecular weight is 273 g/mol. The van der Waals surface area contributed by atoms with Crippen molar-refractivity contribution in [3.63, 3.8) is 0 Å². The highest BCUT2D eigenvalue weighted by atomic mass is 16.6. The van der Waals surface area contributed by atoms with E-state index in [1.54, 1.807) is 31.5 Å². The molecule has 0 bridgehead atoms. The van der Waals surface area contributed by atoms with Crippen molar-refractivity contribution < 1.29 is 9.66 Å². The number of pyridine rings is 1. The lowest BCUT2D eigenvalue weighted by Crippen LogP contribution is -2.05. The lowest BCUT2D eigenvalue weighted by Gasteiger charge is -2.09. The van der Waals surface area contributed by atoms with E-state index in [1.165, 1.54) is 6.07 Å². The van der Waals surface area contributed by atoms with Gasteiger partial charge in [-0.05, 0) is 31.7 Å². The van der Waals surface area contributed by atoms with Gasteiger partial charge < -0.3 is 10.1 Å². The molecule has 0 atom stereocenters. The minimum atomic E-state index is -0.419. The normalized spacial score (nSPS) is 10.3. The van der Waals surface area contributed by atoms with Crippen LogP contribution in [0.5, 0.6) is 11.5 Å². The van der Waals surface area contributed by atoms with Gasteiger partial charge in [-0.1, -0.05) is 6.07 Å². The minimum absolute atomic E-state index is 0.0434. The molecule has 0 aliphatic heterocycles. The second-order valence-corrected chi connectivity index (χ2v) is 4.32. The second-order valence-electron chi connectivity index (χ2n) is 4.32. The maximum Gasteiger partial charge on any atom is 0.276 e. The first-order valence-electron chi connectivity index (χ1n) is 6.12. The van der Waals surface area contributed by atoms with Crippen molar-refractivity contribution in [1.29, 1.82) is 0 Å². The van der Waals surface area contributed by atoms with Gasteiger partial charge in [-0.25, -0.2) is 0 Å². The fourth-order valence-corrected chi connectivity index (χ4v) is 1.86. The van der Waals surface area contributed by atoms with Crippen molar-refractivity contribution in [2.24, 2.45) is 0 Å². The molecule has 1 aromatic carbocycles. The summed E-state index contributed by atoms with van der Waals surface area (Å²) in [5, 5.41) is 13.9. The van der Waals surface area contributed by atoms with E-state index in [0.29, 0.717) is 23.6 Å². The fourth-order valence-electron chi connectivity index (χ4n) is 1.86. The van der Waals surface area contributed by atoms with Crippen LogP contribution in [0.4, 0.5) is 5.69 Å². The third-order valence-corrected chi connectivity index (χ3v) is 2.83. The Balaban J connectivity index is 2.28. The molecular weight excluding hydrogens is 258 g/mol. The molecule has 6 nitrogen and oxygen atoms in total. The quantitative estimate of drug-likeness (QED) is 0.669. The van der Waals surface area contributed by atoms with E-state index >= 15 is 0 Å². The zero-order chi connectivity index (χ0) is 14.5. The van der Waals surface area contributed by atoms with E-state index in [2.05, 4.69) is 10.3 Å². The molecule has 2 rings (SSSR count). The summed E-state index contributed by atoms with van der Waals surface area (Å²) in [6.45, 7) is 2.34. The lowest BCUT2D eigenvalue weighted by atomic mass is 10.2. The Morgan fingerprint density at radius 3 is 2.90 bits per heavy atom. The van der Waals surface area contributed by atoms with Crippen molar-refractivity contribution >= 4 is 5.69 Å². The van der Waals surface area contributed by atoms with Gasteiger partial charge in [0.15, 0.2) is 0 Å². The molecule has 0 fully saturated rings. The van der Waals surface area contributed by atoms with Gasteiger partial charge in [0.05, 0.1) is 16.7 Å². The number of nitrogens with zero attached hydrogens (tertiary/aromatic N) is 2. The molecule has 0 saturated carbocycles. The Kier molecular flexibility index (Phi) is 4.27. The van der Waals surface area contributed by atoms with E-state index in [4.69, 9.17) is 4.74 Å². The second kappa shape index (κ2) is 6.12. The van der Waals surface area contributed by atoms with Gasteiger partial charge in [-0.2, -0.15) is 0 Å². The summed E-state index contributed by atoms with van der Waals surface area (Å²) in [7, 11) is 1.85. The number of benzene rings is 1. The summed E-state index contributed by atoms with van der Waals surface area (Å²) in [4.78, 5) is 14.6. The summed E-state index contributed by atoms with van der Waals surface area (Å²) in [5.74, 6) is 1.02. The van der Waals surface area contributed by atoms with E-state index < -0.39 is 4.92 Å². The van der Waals surface area contributed by atoms with Crippen LogP contribution in [0.3, 0.4) is 0 Å². The Morgan fingerprint density at radius 2 is 2.20 bits per heavy atom. The van der Waals surface area contributed by atoms with Crippen molar-refractivity contribution in [2.45, 2.75) is 13.5 Å². The highest BCUT2D eigenvalue weighted by Gasteiger charge is 2.14. The highest BCUT2D eigenvalue weighted by molar-refractivity contribution is 5.49. The molecule has 0 spiro atoms. The summed E-state index contributed by atoms with van der Waals surface area (Å²) >= 11 is 0. The molecule has 0 aliphatic carbocycles. The molecule has 0 aliphatic rings. The van der Waals surface area contributed by atoms with Crippen LogP contribution in [0.15, 0.2) is 36.7 Å². The van der Waals surface area contributed by atoms with Crippen LogP contribution < -0.4 is 10.1 Å². The van der Waals surface area contributed by atoms with E-state index in [1.807, 2.05) is 13.1 Å². The van der Waals surface area contributed by atoms with Crippen LogP contribution in [0, 0.1) is 17.0 Å². The molecule has 104 valence electrons.